The van der Waals surface area contributed by atoms with Crippen LogP contribution in [-0.4, -0.2) is 23.1 Å². The molecule has 9 heteroatoms. The van der Waals surface area contributed by atoms with Gasteiger partial charge in [0, 0.05) is 0 Å². The average molecular weight is 344 g/mol. The fourth-order valence-electron chi connectivity index (χ4n) is 1.72. The maximum absolute atomic E-state index is 13.6. The first-order valence-corrected chi connectivity index (χ1v) is 9.41. The van der Waals surface area contributed by atoms with E-state index in [0.717, 1.165) is 18.4 Å². The van der Waals surface area contributed by atoms with Crippen molar-refractivity contribution in [1.29, 1.82) is 0 Å². The van der Waals surface area contributed by atoms with Gasteiger partial charge in [0.15, 0.2) is 0 Å². The molecule has 0 heterocycles. The van der Waals surface area contributed by atoms with Crippen molar-refractivity contribution >= 4 is 31.4 Å². The molecule has 6 nitrogen and oxygen atoms in total. The van der Waals surface area contributed by atoms with E-state index >= 15 is 0 Å². The van der Waals surface area contributed by atoms with E-state index in [4.69, 9.17) is 0 Å². The number of hydrogen-bond acceptors (Lipinski definition) is 4. The van der Waals surface area contributed by atoms with E-state index < -0.39 is 30.8 Å². The summed E-state index contributed by atoms with van der Waals surface area (Å²) in [6, 6.07) is 10.7. The van der Waals surface area contributed by atoms with E-state index in [0.29, 0.717) is 0 Å². The number of benzene rings is 2. The molecule has 0 saturated carbocycles. The number of anilines is 2. The highest BCUT2D eigenvalue weighted by Gasteiger charge is 2.20. The highest BCUT2D eigenvalue weighted by Crippen LogP contribution is 2.25. The van der Waals surface area contributed by atoms with Crippen LogP contribution in [0.2, 0.25) is 0 Å². The van der Waals surface area contributed by atoms with E-state index in [9.17, 15) is 21.2 Å². The molecule has 0 saturated heterocycles. The number of para-hydroxylation sites is 2. The monoisotopic (exact) mass is 344 g/mol. The van der Waals surface area contributed by atoms with E-state index in [1.165, 1.54) is 36.4 Å². The molecule has 0 aliphatic rings. The lowest BCUT2D eigenvalue weighted by atomic mass is 10.3. The van der Waals surface area contributed by atoms with E-state index in [1.807, 2.05) is 0 Å². The summed E-state index contributed by atoms with van der Waals surface area (Å²) in [7, 11) is -7.77. The molecule has 0 bridgehead atoms. The van der Waals surface area contributed by atoms with Crippen LogP contribution in [0.25, 0.3) is 0 Å². The van der Waals surface area contributed by atoms with Crippen molar-refractivity contribution in [3.05, 3.63) is 54.3 Å². The SMILES string of the molecule is CS(=O)(=O)Nc1ccccc1NS(=O)(=O)c1ccccc1F. The Kier molecular flexibility index (Phi) is 4.38. The average Bonchev–Trinajstić information content (AvgIpc) is 2.39. The van der Waals surface area contributed by atoms with Crippen LogP contribution >= 0.6 is 0 Å². The van der Waals surface area contributed by atoms with Gasteiger partial charge in [0.1, 0.15) is 10.7 Å². The number of sulfonamides is 2. The molecule has 0 aliphatic carbocycles. The molecule has 0 spiro atoms. The van der Waals surface area contributed by atoms with Gasteiger partial charge in [0.2, 0.25) is 10.0 Å². The second kappa shape index (κ2) is 5.93. The lowest BCUT2D eigenvalue weighted by Crippen LogP contribution is -2.17. The van der Waals surface area contributed by atoms with Gasteiger partial charge in [-0.2, -0.15) is 0 Å². The van der Waals surface area contributed by atoms with Gasteiger partial charge in [0.25, 0.3) is 10.0 Å². The van der Waals surface area contributed by atoms with Crippen LogP contribution in [-0.2, 0) is 20.0 Å². The van der Waals surface area contributed by atoms with E-state index in [2.05, 4.69) is 9.44 Å². The Hall–Kier alpha value is -2.13. The van der Waals surface area contributed by atoms with Crippen molar-refractivity contribution in [2.24, 2.45) is 0 Å². The summed E-state index contributed by atoms with van der Waals surface area (Å²) in [5.74, 6) is -0.899. The first-order chi connectivity index (χ1) is 10.2. The molecule has 118 valence electrons. The minimum absolute atomic E-state index is 0.00354. The first kappa shape index (κ1) is 16.2. The normalized spacial score (nSPS) is 11.9. The molecule has 0 fully saturated rings. The fourth-order valence-corrected chi connectivity index (χ4v) is 3.46. The summed E-state index contributed by atoms with van der Waals surface area (Å²) in [5, 5.41) is 0. The lowest BCUT2D eigenvalue weighted by molar-refractivity contribution is 0.570. The van der Waals surface area contributed by atoms with E-state index in [-0.39, 0.29) is 11.4 Å². The molecule has 0 unspecified atom stereocenters. The number of nitrogens with one attached hydrogen (secondary N) is 2. The van der Waals surface area contributed by atoms with Crippen LogP contribution < -0.4 is 9.44 Å². The van der Waals surface area contributed by atoms with Crippen LogP contribution in [0.1, 0.15) is 0 Å². The van der Waals surface area contributed by atoms with Crippen molar-refractivity contribution < 1.29 is 21.2 Å². The van der Waals surface area contributed by atoms with Gasteiger partial charge >= 0.3 is 0 Å². The Morgan fingerprint density at radius 2 is 1.32 bits per heavy atom. The van der Waals surface area contributed by atoms with Crippen molar-refractivity contribution in [3.8, 4) is 0 Å². The van der Waals surface area contributed by atoms with Crippen LogP contribution in [0, 0.1) is 5.82 Å². The molecule has 0 aliphatic heterocycles. The number of rotatable bonds is 5. The Balaban J connectivity index is 2.41. The Morgan fingerprint density at radius 1 is 0.818 bits per heavy atom. The van der Waals surface area contributed by atoms with Crippen molar-refractivity contribution in [2.45, 2.75) is 4.90 Å². The molecule has 0 radical (unpaired) electrons. The minimum Gasteiger partial charge on any atom is -0.282 e. The van der Waals surface area contributed by atoms with Crippen molar-refractivity contribution in [2.75, 3.05) is 15.7 Å². The van der Waals surface area contributed by atoms with E-state index in [1.54, 1.807) is 0 Å². The molecule has 2 aromatic carbocycles. The maximum atomic E-state index is 13.6. The summed E-state index contributed by atoms with van der Waals surface area (Å²) in [6.45, 7) is 0. The van der Waals surface area contributed by atoms with Gasteiger partial charge in [0.05, 0.1) is 17.6 Å². The van der Waals surface area contributed by atoms with Crippen molar-refractivity contribution in [3.63, 3.8) is 0 Å². The summed E-state index contributed by atoms with van der Waals surface area (Å²) >= 11 is 0. The molecule has 2 N–H and O–H groups in total. The standard InChI is InChI=1S/C13H13FN2O4S2/c1-21(17,18)15-11-7-3-4-8-12(11)16-22(19,20)13-9-5-2-6-10(13)14/h2-9,15-16H,1H3. The Morgan fingerprint density at radius 3 is 1.86 bits per heavy atom. The van der Waals surface area contributed by atoms with Crippen LogP contribution in [0.4, 0.5) is 15.8 Å². The van der Waals surface area contributed by atoms with Crippen LogP contribution in [0.5, 0.6) is 0 Å². The lowest BCUT2D eigenvalue weighted by Gasteiger charge is -2.13. The Labute approximate surface area is 128 Å². The predicted octanol–water partition coefficient (Wildman–Crippen LogP) is 2.00. The zero-order valence-electron chi connectivity index (χ0n) is 11.4. The smallest absolute Gasteiger partial charge is 0.264 e. The third kappa shape index (κ3) is 3.95. The molecule has 0 aromatic heterocycles. The third-order valence-electron chi connectivity index (χ3n) is 2.59. The highest BCUT2D eigenvalue weighted by molar-refractivity contribution is 7.93. The summed E-state index contributed by atoms with van der Waals surface area (Å²) in [5.41, 5.74) is 0.0427. The second-order valence-corrected chi connectivity index (χ2v) is 7.86. The maximum Gasteiger partial charge on any atom is 0.264 e. The number of halogens is 1. The minimum atomic E-state index is -4.18. The number of hydrogen-bond donors (Lipinski definition) is 2. The predicted molar refractivity (Wildman–Crippen MR) is 82.1 cm³/mol. The zero-order valence-corrected chi connectivity index (χ0v) is 13.1. The zero-order chi connectivity index (χ0) is 16.4. The van der Waals surface area contributed by atoms with Gasteiger partial charge in [-0.15, -0.1) is 0 Å². The topological polar surface area (TPSA) is 92.3 Å². The second-order valence-electron chi connectivity index (χ2n) is 4.46. The molecule has 2 aromatic rings. The quantitative estimate of drug-likeness (QED) is 0.868. The molecular formula is C13H13FN2O4S2. The Bertz CT molecular complexity index is 896. The summed E-state index contributed by atoms with van der Waals surface area (Å²) in [4.78, 5) is -0.524. The molecule has 2 rings (SSSR count). The molecular weight excluding hydrogens is 331 g/mol. The first-order valence-electron chi connectivity index (χ1n) is 6.03. The summed E-state index contributed by atoms with van der Waals surface area (Å²) in [6.07, 6.45) is 0.940. The van der Waals surface area contributed by atoms with Gasteiger partial charge in [-0.1, -0.05) is 24.3 Å². The van der Waals surface area contributed by atoms with Crippen LogP contribution in [0.15, 0.2) is 53.4 Å². The third-order valence-corrected chi connectivity index (χ3v) is 4.58. The highest BCUT2D eigenvalue weighted by atomic mass is 32.2. The van der Waals surface area contributed by atoms with Gasteiger partial charge < -0.3 is 0 Å². The molecule has 0 amide bonds. The molecule has 0 atom stereocenters. The van der Waals surface area contributed by atoms with Gasteiger partial charge in [-0.05, 0) is 24.3 Å². The van der Waals surface area contributed by atoms with Crippen molar-refractivity contribution in [1.82, 2.24) is 0 Å². The van der Waals surface area contributed by atoms with Gasteiger partial charge in [-0.25, -0.2) is 21.2 Å². The summed E-state index contributed by atoms with van der Waals surface area (Å²) < 4.78 is 65.0. The van der Waals surface area contributed by atoms with Crippen LogP contribution in [0.3, 0.4) is 0 Å². The fraction of sp³-hybridized carbons (Fsp3) is 0.0769. The van der Waals surface area contributed by atoms with Gasteiger partial charge in [-0.3, -0.25) is 9.44 Å². The largest absolute Gasteiger partial charge is 0.282 e. The molecule has 22 heavy (non-hydrogen) atoms.